The van der Waals surface area contributed by atoms with Crippen molar-refractivity contribution in [2.24, 2.45) is 5.73 Å². The Labute approximate surface area is 105 Å². The van der Waals surface area contributed by atoms with Gasteiger partial charge in [0.05, 0.1) is 6.61 Å². The van der Waals surface area contributed by atoms with Crippen molar-refractivity contribution in [3.8, 4) is 0 Å². The van der Waals surface area contributed by atoms with Gasteiger partial charge in [-0.25, -0.2) is 4.98 Å². The molecule has 0 atom stereocenters. The molecular formula is C11H18BrN3O. The van der Waals surface area contributed by atoms with Crippen molar-refractivity contribution in [3.05, 3.63) is 22.3 Å². The van der Waals surface area contributed by atoms with E-state index in [4.69, 9.17) is 10.5 Å². The maximum atomic E-state index is 5.31. The van der Waals surface area contributed by atoms with Crippen LogP contribution >= 0.6 is 15.9 Å². The van der Waals surface area contributed by atoms with Crippen LogP contribution in [0.2, 0.25) is 0 Å². The number of nitrogens with zero attached hydrogens (tertiary/aromatic N) is 1. The van der Waals surface area contributed by atoms with Gasteiger partial charge in [-0.05, 0) is 40.9 Å². The average molecular weight is 288 g/mol. The Balaban J connectivity index is 2.19. The molecule has 1 aromatic heterocycles. The first-order valence-electron chi connectivity index (χ1n) is 5.38. The Morgan fingerprint density at radius 3 is 3.00 bits per heavy atom. The molecule has 0 aliphatic heterocycles. The second-order valence-electron chi connectivity index (χ2n) is 3.50. The van der Waals surface area contributed by atoms with Crippen molar-refractivity contribution < 1.29 is 4.74 Å². The quantitative estimate of drug-likeness (QED) is 0.753. The number of nitrogens with two attached hydrogens (primary N) is 1. The van der Waals surface area contributed by atoms with Crippen molar-refractivity contribution in [2.45, 2.75) is 13.3 Å². The van der Waals surface area contributed by atoms with Gasteiger partial charge in [0.1, 0.15) is 5.82 Å². The molecule has 0 bridgehead atoms. The molecule has 0 amide bonds. The molecule has 0 spiro atoms. The van der Waals surface area contributed by atoms with Gasteiger partial charge in [-0.3, -0.25) is 0 Å². The van der Waals surface area contributed by atoms with E-state index in [1.807, 2.05) is 19.2 Å². The highest BCUT2D eigenvalue weighted by atomic mass is 79.9. The van der Waals surface area contributed by atoms with E-state index in [-0.39, 0.29) is 0 Å². The lowest BCUT2D eigenvalue weighted by Crippen LogP contribution is -2.11. The SMILES string of the molecule is Cc1cc(NCCCOCCN)ncc1Br. The lowest BCUT2D eigenvalue weighted by atomic mass is 10.3. The third kappa shape index (κ3) is 4.92. The van der Waals surface area contributed by atoms with E-state index in [9.17, 15) is 0 Å². The Kier molecular flexibility index (Phi) is 6.37. The molecule has 4 nitrogen and oxygen atoms in total. The number of aromatic nitrogens is 1. The van der Waals surface area contributed by atoms with E-state index < -0.39 is 0 Å². The van der Waals surface area contributed by atoms with Crippen LogP contribution in [0.5, 0.6) is 0 Å². The number of ether oxygens (including phenoxy) is 1. The fourth-order valence-electron chi connectivity index (χ4n) is 1.21. The predicted octanol–water partition coefficient (Wildman–Crippen LogP) is 1.93. The summed E-state index contributed by atoms with van der Waals surface area (Å²) in [5.41, 5.74) is 6.49. The van der Waals surface area contributed by atoms with Gasteiger partial charge in [0.2, 0.25) is 0 Å². The molecule has 16 heavy (non-hydrogen) atoms. The summed E-state index contributed by atoms with van der Waals surface area (Å²) in [6.07, 6.45) is 2.76. The number of nitrogens with one attached hydrogen (secondary N) is 1. The Morgan fingerprint density at radius 1 is 1.50 bits per heavy atom. The van der Waals surface area contributed by atoms with E-state index in [1.165, 1.54) is 5.56 Å². The summed E-state index contributed by atoms with van der Waals surface area (Å²) < 4.78 is 6.30. The normalized spacial score (nSPS) is 10.4. The van der Waals surface area contributed by atoms with Gasteiger partial charge < -0.3 is 15.8 Å². The Bertz CT molecular complexity index is 320. The van der Waals surface area contributed by atoms with Gasteiger partial charge >= 0.3 is 0 Å². The molecule has 5 heteroatoms. The summed E-state index contributed by atoms with van der Waals surface area (Å²) in [4.78, 5) is 4.25. The van der Waals surface area contributed by atoms with Crippen LogP contribution in [-0.4, -0.2) is 31.3 Å². The van der Waals surface area contributed by atoms with Crippen LogP contribution in [0.3, 0.4) is 0 Å². The summed E-state index contributed by atoms with van der Waals surface area (Å²) in [6, 6.07) is 2.02. The zero-order valence-corrected chi connectivity index (χ0v) is 11.1. The molecule has 0 saturated heterocycles. The van der Waals surface area contributed by atoms with Crippen molar-refractivity contribution in [3.63, 3.8) is 0 Å². The molecule has 0 aliphatic rings. The number of halogens is 1. The van der Waals surface area contributed by atoms with E-state index in [0.717, 1.165) is 29.9 Å². The number of anilines is 1. The summed E-state index contributed by atoms with van der Waals surface area (Å²) in [5, 5.41) is 3.25. The highest BCUT2D eigenvalue weighted by molar-refractivity contribution is 9.10. The van der Waals surface area contributed by atoms with Crippen molar-refractivity contribution in [1.82, 2.24) is 4.98 Å². The second-order valence-corrected chi connectivity index (χ2v) is 4.35. The molecular weight excluding hydrogens is 270 g/mol. The maximum absolute atomic E-state index is 5.31. The average Bonchev–Trinajstić information content (AvgIpc) is 2.28. The van der Waals surface area contributed by atoms with Crippen molar-refractivity contribution in [1.29, 1.82) is 0 Å². The maximum Gasteiger partial charge on any atom is 0.126 e. The van der Waals surface area contributed by atoms with Gasteiger partial charge in [-0.2, -0.15) is 0 Å². The number of hydrogen-bond acceptors (Lipinski definition) is 4. The Hall–Kier alpha value is -0.650. The monoisotopic (exact) mass is 287 g/mol. The Morgan fingerprint density at radius 2 is 2.31 bits per heavy atom. The van der Waals surface area contributed by atoms with E-state index in [0.29, 0.717) is 13.2 Å². The molecule has 1 heterocycles. The van der Waals surface area contributed by atoms with Gasteiger partial charge in [0.25, 0.3) is 0 Å². The minimum Gasteiger partial charge on any atom is -0.380 e. The van der Waals surface area contributed by atoms with Gasteiger partial charge in [0.15, 0.2) is 0 Å². The van der Waals surface area contributed by atoms with E-state index in [1.54, 1.807) is 0 Å². The first-order valence-corrected chi connectivity index (χ1v) is 6.17. The predicted molar refractivity (Wildman–Crippen MR) is 69.7 cm³/mol. The minimum atomic E-state index is 0.584. The van der Waals surface area contributed by atoms with Gasteiger partial charge in [-0.1, -0.05) is 0 Å². The van der Waals surface area contributed by atoms with E-state index in [2.05, 4.69) is 26.2 Å². The molecule has 0 fully saturated rings. The van der Waals surface area contributed by atoms with Crippen LogP contribution < -0.4 is 11.1 Å². The van der Waals surface area contributed by atoms with Crippen LogP contribution in [0.15, 0.2) is 16.7 Å². The summed E-state index contributed by atoms with van der Waals surface area (Å²) >= 11 is 3.42. The molecule has 1 rings (SSSR count). The molecule has 3 N–H and O–H groups in total. The zero-order chi connectivity index (χ0) is 11.8. The van der Waals surface area contributed by atoms with Crippen LogP contribution in [0, 0.1) is 6.92 Å². The summed E-state index contributed by atoms with van der Waals surface area (Å²) in [6.45, 7) is 4.86. The first kappa shape index (κ1) is 13.4. The minimum absolute atomic E-state index is 0.584. The molecule has 0 saturated carbocycles. The molecule has 90 valence electrons. The van der Waals surface area contributed by atoms with Crippen LogP contribution in [0.25, 0.3) is 0 Å². The number of hydrogen-bond donors (Lipinski definition) is 2. The largest absolute Gasteiger partial charge is 0.380 e. The number of rotatable bonds is 7. The van der Waals surface area contributed by atoms with Crippen LogP contribution in [0.1, 0.15) is 12.0 Å². The van der Waals surface area contributed by atoms with Crippen molar-refractivity contribution in [2.75, 3.05) is 31.6 Å². The topological polar surface area (TPSA) is 60.2 Å². The molecule has 1 aromatic rings. The highest BCUT2D eigenvalue weighted by Crippen LogP contribution is 2.16. The standard InChI is InChI=1S/C11H18BrN3O/c1-9-7-11(15-8-10(9)12)14-4-2-5-16-6-3-13/h7-8H,2-6,13H2,1H3,(H,14,15). The summed E-state index contributed by atoms with van der Waals surface area (Å²) in [7, 11) is 0. The van der Waals surface area contributed by atoms with Crippen LogP contribution in [0.4, 0.5) is 5.82 Å². The molecule has 0 aliphatic carbocycles. The van der Waals surface area contributed by atoms with E-state index >= 15 is 0 Å². The second kappa shape index (κ2) is 7.60. The zero-order valence-electron chi connectivity index (χ0n) is 9.50. The van der Waals surface area contributed by atoms with Gasteiger partial charge in [0, 0.05) is 30.4 Å². The molecule has 0 radical (unpaired) electrons. The number of aryl methyl sites for hydroxylation is 1. The van der Waals surface area contributed by atoms with Gasteiger partial charge in [-0.15, -0.1) is 0 Å². The lowest BCUT2D eigenvalue weighted by Gasteiger charge is -2.07. The molecule has 0 unspecified atom stereocenters. The molecule has 0 aromatic carbocycles. The number of pyridine rings is 1. The third-order valence-corrected chi connectivity index (χ3v) is 2.91. The van der Waals surface area contributed by atoms with Crippen molar-refractivity contribution >= 4 is 21.7 Å². The highest BCUT2D eigenvalue weighted by Gasteiger charge is 1.97. The fourth-order valence-corrected chi connectivity index (χ4v) is 1.43. The third-order valence-electron chi connectivity index (χ3n) is 2.08. The summed E-state index contributed by atoms with van der Waals surface area (Å²) in [5.74, 6) is 0.902. The first-order chi connectivity index (χ1) is 7.74. The smallest absolute Gasteiger partial charge is 0.126 e. The fraction of sp³-hybridized carbons (Fsp3) is 0.545. The van der Waals surface area contributed by atoms with Crippen LogP contribution in [-0.2, 0) is 4.74 Å². The lowest BCUT2D eigenvalue weighted by molar-refractivity contribution is 0.141.